The van der Waals surface area contributed by atoms with E-state index in [1.165, 1.54) is 24.1 Å². The Labute approximate surface area is 235 Å². The Kier molecular flexibility index (Phi) is 8.06. The van der Waals surface area contributed by atoms with Gasteiger partial charge in [-0.15, -0.1) is 0 Å². The number of anilines is 2. The molecule has 5 rings (SSSR count). The second kappa shape index (κ2) is 11.4. The van der Waals surface area contributed by atoms with Crippen molar-refractivity contribution < 1.29 is 22.3 Å². The zero-order chi connectivity index (χ0) is 28.5. The minimum Gasteiger partial charge on any atom is -0.494 e. The minimum absolute atomic E-state index is 0.00287. The lowest BCUT2D eigenvalue weighted by Crippen LogP contribution is -2.59. The normalized spacial score (nSPS) is 20.9. The average molecular weight is 577 g/mol. The Hall–Kier alpha value is -3.17. The van der Waals surface area contributed by atoms with Crippen molar-refractivity contribution in [2.75, 3.05) is 37.4 Å². The molecular formula is C28H32F4N6OS. The van der Waals surface area contributed by atoms with E-state index in [1.807, 2.05) is 6.92 Å². The molecule has 1 aliphatic heterocycles. The van der Waals surface area contributed by atoms with Crippen molar-refractivity contribution in [3.8, 4) is 17.6 Å². The number of halogens is 4. The van der Waals surface area contributed by atoms with Crippen molar-refractivity contribution in [3.05, 3.63) is 42.0 Å². The van der Waals surface area contributed by atoms with Gasteiger partial charge in [-0.05, 0) is 57.6 Å². The number of methoxy groups -OCH3 is 1. The first-order chi connectivity index (χ1) is 19.1. The highest BCUT2D eigenvalue weighted by atomic mass is 32.2. The number of likely N-dealkylation sites (tertiary alicyclic amines) is 1. The molecule has 3 aromatic rings. The van der Waals surface area contributed by atoms with Crippen LogP contribution in [0.25, 0.3) is 5.65 Å². The van der Waals surface area contributed by atoms with E-state index in [-0.39, 0.29) is 40.2 Å². The minimum atomic E-state index is -4.54. The summed E-state index contributed by atoms with van der Waals surface area (Å²) in [6.45, 7) is 5.27. The SMILES string of the molecule is COc1cc(C)ncc1NCC#Cc1nc2c(NC3CCN(C4(C)CCC4)CC3F)cccn2c1SC(F)(F)F. The summed E-state index contributed by atoms with van der Waals surface area (Å²) in [6.07, 6.45) is 5.95. The molecular weight excluding hydrogens is 544 g/mol. The van der Waals surface area contributed by atoms with Gasteiger partial charge in [0, 0.05) is 48.3 Å². The lowest BCUT2D eigenvalue weighted by molar-refractivity contribution is -0.0329. The maximum Gasteiger partial charge on any atom is 0.447 e. The summed E-state index contributed by atoms with van der Waals surface area (Å²) < 4.78 is 62.5. The molecule has 0 radical (unpaired) electrons. The molecule has 2 aliphatic rings. The van der Waals surface area contributed by atoms with Gasteiger partial charge in [0.15, 0.2) is 5.65 Å². The molecule has 1 saturated heterocycles. The molecule has 0 bridgehead atoms. The lowest BCUT2D eigenvalue weighted by atomic mass is 9.76. The molecule has 7 nitrogen and oxygen atoms in total. The molecule has 2 atom stereocenters. The van der Waals surface area contributed by atoms with Gasteiger partial charge in [0.1, 0.15) is 22.6 Å². The number of piperidine rings is 1. The van der Waals surface area contributed by atoms with Crippen LogP contribution in [-0.4, -0.2) is 69.3 Å². The standard InChI is InChI=1S/C28H32F4N6OS/c1-18-15-24(39-3)23(16-34-18)33-12-4-7-22-26(40-28(30,31)32)38-13-5-8-21(25(38)36-22)35-20-9-14-37(17-19(20)29)27(2)10-6-11-27/h5,8,13,15-16,19-20,33,35H,6,9-12,14,17H2,1-3H3. The van der Waals surface area contributed by atoms with Crippen LogP contribution in [0.4, 0.5) is 28.9 Å². The number of nitrogens with one attached hydrogen (secondary N) is 2. The molecule has 214 valence electrons. The fourth-order valence-electron chi connectivity index (χ4n) is 5.31. The molecule has 3 aromatic heterocycles. The van der Waals surface area contributed by atoms with Crippen molar-refractivity contribution in [2.24, 2.45) is 0 Å². The molecule has 1 aliphatic carbocycles. The average Bonchev–Trinajstić information content (AvgIpc) is 3.23. The number of aryl methyl sites for hydroxylation is 1. The van der Waals surface area contributed by atoms with Crippen LogP contribution < -0.4 is 15.4 Å². The summed E-state index contributed by atoms with van der Waals surface area (Å²) in [5.41, 5.74) is -2.31. The number of fused-ring (bicyclic) bond motifs is 1. The monoisotopic (exact) mass is 576 g/mol. The van der Waals surface area contributed by atoms with Crippen LogP contribution in [-0.2, 0) is 0 Å². The Morgan fingerprint density at radius 2 is 2.08 bits per heavy atom. The smallest absolute Gasteiger partial charge is 0.447 e. The van der Waals surface area contributed by atoms with Crippen molar-refractivity contribution in [2.45, 2.75) is 67.8 Å². The van der Waals surface area contributed by atoms with E-state index in [4.69, 9.17) is 4.74 Å². The van der Waals surface area contributed by atoms with Gasteiger partial charge in [0.2, 0.25) is 0 Å². The summed E-state index contributed by atoms with van der Waals surface area (Å²) >= 11 is -0.268. The summed E-state index contributed by atoms with van der Waals surface area (Å²) in [7, 11) is 1.54. The highest BCUT2D eigenvalue weighted by Gasteiger charge is 2.42. The third-order valence-electron chi connectivity index (χ3n) is 7.69. The van der Waals surface area contributed by atoms with E-state index in [1.54, 1.807) is 24.4 Å². The predicted octanol–water partition coefficient (Wildman–Crippen LogP) is 5.89. The molecule has 12 heteroatoms. The molecule has 0 amide bonds. The predicted molar refractivity (Wildman–Crippen MR) is 149 cm³/mol. The first-order valence-electron chi connectivity index (χ1n) is 13.2. The van der Waals surface area contributed by atoms with E-state index in [0.717, 1.165) is 25.1 Å². The van der Waals surface area contributed by atoms with E-state index in [0.29, 0.717) is 30.1 Å². The third-order valence-corrected chi connectivity index (χ3v) is 8.51. The summed E-state index contributed by atoms with van der Waals surface area (Å²) in [5.74, 6) is 6.23. The Morgan fingerprint density at radius 3 is 2.75 bits per heavy atom. The first-order valence-corrected chi connectivity index (χ1v) is 14.0. The molecule has 0 spiro atoms. The molecule has 1 saturated carbocycles. The van der Waals surface area contributed by atoms with Crippen molar-refractivity contribution >= 4 is 28.8 Å². The molecule has 2 N–H and O–H groups in total. The van der Waals surface area contributed by atoms with Crippen LogP contribution in [0.1, 0.15) is 44.0 Å². The van der Waals surface area contributed by atoms with Gasteiger partial charge in [0.05, 0.1) is 37.3 Å². The lowest BCUT2D eigenvalue weighted by Gasteiger charge is -2.51. The van der Waals surface area contributed by atoms with Crippen LogP contribution in [0, 0.1) is 18.8 Å². The number of hydrogen-bond donors (Lipinski definition) is 2. The van der Waals surface area contributed by atoms with Gasteiger partial charge >= 0.3 is 5.51 Å². The van der Waals surface area contributed by atoms with Gasteiger partial charge in [0.25, 0.3) is 0 Å². The second-order valence-electron chi connectivity index (χ2n) is 10.5. The van der Waals surface area contributed by atoms with Crippen molar-refractivity contribution in [1.29, 1.82) is 0 Å². The Balaban J connectivity index is 1.37. The van der Waals surface area contributed by atoms with Crippen molar-refractivity contribution in [1.82, 2.24) is 19.3 Å². The molecule has 2 fully saturated rings. The topological polar surface area (TPSA) is 66.7 Å². The number of aromatic nitrogens is 3. The maximum absolute atomic E-state index is 15.3. The first kappa shape index (κ1) is 28.4. The number of hydrogen-bond acceptors (Lipinski definition) is 7. The van der Waals surface area contributed by atoms with Gasteiger partial charge in [-0.1, -0.05) is 5.92 Å². The van der Waals surface area contributed by atoms with Crippen LogP contribution >= 0.6 is 11.8 Å². The van der Waals surface area contributed by atoms with Gasteiger partial charge < -0.3 is 15.4 Å². The molecule has 4 heterocycles. The van der Waals surface area contributed by atoms with Crippen LogP contribution in [0.2, 0.25) is 0 Å². The number of rotatable bonds is 7. The second-order valence-corrected chi connectivity index (χ2v) is 11.5. The Bertz CT molecular complexity index is 1430. The fourth-order valence-corrected chi connectivity index (χ4v) is 5.97. The largest absolute Gasteiger partial charge is 0.494 e. The zero-order valence-electron chi connectivity index (χ0n) is 22.6. The zero-order valence-corrected chi connectivity index (χ0v) is 23.4. The maximum atomic E-state index is 15.3. The van der Waals surface area contributed by atoms with E-state index in [2.05, 4.69) is 44.3 Å². The number of pyridine rings is 2. The molecule has 2 unspecified atom stereocenters. The van der Waals surface area contributed by atoms with Gasteiger partial charge in [-0.25, -0.2) is 9.37 Å². The molecule has 0 aromatic carbocycles. The highest BCUT2D eigenvalue weighted by molar-refractivity contribution is 8.00. The van der Waals surface area contributed by atoms with Gasteiger partial charge in [-0.2, -0.15) is 13.2 Å². The summed E-state index contributed by atoms with van der Waals surface area (Å²) in [4.78, 5) is 10.9. The van der Waals surface area contributed by atoms with Crippen LogP contribution in [0.5, 0.6) is 5.75 Å². The number of alkyl halides is 4. The third kappa shape index (κ3) is 6.10. The van der Waals surface area contributed by atoms with E-state index in [9.17, 15) is 13.2 Å². The summed E-state index contributed by atoms with van der Waals surface area (Å²) in [6, 6.07) is 4.65. The number of imidazole rings is 1. The van der Waals surface area contributed by atoms with Gasteiger partial charge in [-0.3, -0.25) is 14.3 Å². The summed E-state index contributed by atoms with van der Waals surface area (Å²) in [5, 5.41) is 6.17. The van der Waals surface area contributed by atoms with Crippen LogP contribution in [0.15, 0.2) is 35.6 Å². The van der Waals surface area contributed by atoms with E-state index >= 15 is 4.39 Å². The fraction of sp³-hybridized carbons (Fsp3) is 0.500. The number of thioether (sulfide) groups is 1. The molecule has 40 heavy (non-hydrogen) atoms. The number of ether oxygens (including phenoxy) is 1. The van der Waals surface area contributed by atoms with E-state index < -0.39 is 17.7 Å². The quantitative estimate of drug-likeness (QED) is 0.207. The van der Waals surface area contributed by atoms with Crippen molar-refractivity contribution in [3.63, 3.8) is 0 Å². The number of nitrogens with zero attached hydrogens (tertiary/aromatic N) is 4. The Morgan fingerprint density at radius 1 is 1.27 bits per heavy atom. The van der Waals surface area contributed by atoms with Crippen LogP contribution in [0.3, 0.4) is 0 Å². The highest BCUT2D eigenvalue weighted by Crippen LogP contribution is 2.41.